The molecular weight excluding hydrogens is 531 g/mol. The van der Waals surface area contributed by atoms with Gasteiger partial charge in [-0.25, -0.2) is 18.6 Å². The van der Waals surface area contributed by atoms with Gasteiger partial charge in [0.15, 0.2) is 22.6 Å². The number of aromatic nitrogens is 4. The Kier molecular flexibility index (Phi) is 7.17. The van der Waals surface area contributed by atoms with Crippen LogP contribution in [0.25, 0.3) is 10.9 Å². The Labute approximate surface area is 227 Å². The zero-order valence-corrected chi connectivity index (χ0v) is 23.4. The van der Waals surface area contributed by atoms with Crippen molar-refractivity contribution in [1.29, 1.82) is 0 Å². The Hall–Kier alpha value is -2.69. The van der Waals surface area contributed by atoms with Crippen molar-refractivity contribution in [2.75, 3.05) is 29.4 Å². The van der Waals surface area contributed by atoms with Gasteiger partial charge < -0.3 is 9.80 Å². The van der Waals surface area contributed by atoms with Crippen LogP contribution in [0.2, 0.25) is 5.02 Å². The fourth-order valence-electron chi connectivity index (χ4n) is 4.59. The highest BCUT2D eigenvalue weighted by molar-refractivity contribution is 7.99. The molecule has 3 heterocycles. The second kappa shape index (κ2) is 10.2. The molecule has 1 saturated heterocycles. The fourth-order valence-corrected chi connectivity index (χ4v) is 6.73. The zero-order chi connectivity index (χ0) is 26.3. The molecule has 0 spiro atoms. The van der Waals surface area contributed by atoms with Gasteiger partial charge in [-0.2, -0.15) is 4.09 Å². The van der Waals surface area contributed by atoms with Crippen LogP contribution in [0.4, 0.5) is 16.2 Å². The van der Waals surface area contributed by atoms with E-state index < -0.39 is 22.3 Å². The number of hydrogen-bond acceptors (Lipinski definition) is 7. The molecule has 0 radical (unpaired) electrons. The van der Waals surface area contributed by atoms with Crippen molar-refractivity contribution in [2.45, 2.75) is 48.3 Å². The van der Waals surface area contributed by atoms with Gasteiger partial charge >= 0.3 is 0 Å². The predicted octanol–water partition coefficient (Wildman–Crippen LogP) is 5.80. The summed E-state index contributed by atoms with van der Waals surface area (Å²) in [6.45, 7) is 10.3. The molecule has 1 aliphatic rings. The Bertz CT molecular complexity index is 1440. The highest BCUT2D eigenvalue weighted by Crippen LogP contribution is 2.38. The van der Waals surface area contributed by atoms with E-state index in [4.69, 9.17) is 16.7 Å². The van der Waals surface area contributed by atoms with Crippen molar-refractivity contribution in [2.24, 2.45) is 0 Å². The number of thioether (sulfide) groups is 1. The van der Waals surface area contributed by atoms with E-state index in [1.807, 2.05) is 47.4 Å². The van der Waals surface area contributed by atoms with Crippen molar-refractivity contribution >= 4 is 57.0 Å². The Morgan fingerprint density at radius 2 is 1.78 bits per heavy atom. The standard InChI is InChI=1S/C26H28ClFN6OS2/c1-17(2)36-19-8-10-20(11-9-19)37(35)34-22-7-5-6-21(27)23(22)24(31-34)33-13-12-32(16-26(33,3)4)25-29-14-18(28)15-30-25/h5-11,14-15,17H,12-13,16H2,1-4H3. The molecule has 5 rings (SSSR count). The van der Waals surface area contributed by atoms with Crippen molar-refractivity contribution < 1.29 is 8.60 Å². The maximum Gasteiger partial charge on any atom is 0.225 e. The van der Waals surface area contributed by atoms with E-state index in [0.717, 1.165) is 10.3 Å². The minimum absolute atomic E-state index is 0.390. The van der Waals surface area contributed by atoms with E-state index in [2.05, 4.69) is 42.6 Å². The van der Waals surface area contributed by atoms with Crippen LogP contribution in [0.1, 0.15) is 27.7 Å². The van der Waals surface area contributed by atoms with Crippen LogP contribution in [-0.4, -0.2) is 53.8 Å². The first kappa shape index (κ1) is 25.9. The average Bonchev–Trinajstić information content (AvgIpc) is 3.24. The van der Waals surface area contributed by atoms with E-state index in [1.165, 1.54) is 12.4 Å². The van der Waals surface area contributed by atoms with Gasteiger partial charge in [0.05, 0.1) is 38.8 Å². The normalized spacial score (nSPS) is 16.5. The molecule has 37 heavy (non-hydrogen) atoms. The van der Waals surface area contributed by atoms with Gasteiger partial charge in [-0.1, -0.05) is 31.5 Å². The molecule has 0 N–H and O–H groups in total. The fraction of sp³-hybridized carbons (Fsp3) is 0.346. The molecule has 1 atom stereocenters. The first-order valence-electron chi connectivity index (χ1n) is 12.0. The number of anilines is 2. The molecule has 2 aromatic carbocycles. The molecule has 7 nitrogen and oxygen atoms in total. The second-order valence-corrected chi connectivity index (χ2v) is 13.2. The lowest BCUT2D eigenvalue weighted by Crippen LogP contribution is -2.60. The van der Waals surface area contributed by atoms with Crippen molar-refractivity contribution in [3.63, 3.8) is 0 Å². The lowest BCUT2D eigenvalue weighted by Gasteiger charge is -2.47. The summed E-state index contributed by atoms with van der Waals surface area (Å²) >= 11 is 8.46. The van der Waals surface area contributed by atoms with E-state index in [1.54, 1.807) is 15.8 Å². The van der Waals surface area contributed by atoms with Gasteiger partial charge in [-0.3, -0.25) is 0 Å². The number of nitrogens with zero attached hydrogens (tertiary/aromatic N) is 6. The summed E-state index contributed by atoms with van der Waals surface area (Å²) in [6, 6.07) is 13.4. The van der Waals surface area contributed by atoms with E-state index in [9.17, 15) is 8.60 Å². The molecule has 1 aliphatic heterocycles. The zero-order valence-electron chi connectivity index (χ0n) is 21.1. The predicted molar refractivity (Wildman–Crippen MR) is 150 cm³/mol. The second-order valence-electron chi connectivity index (χ2n) is 9.80. The highest BCUT2D eigenvalue weighted by atomic mass is 35.5. The summed E-state index contributed by atoms with van der Waals surface area (Å²) < 4.78 is 28.6. The first-order chi connectivity index (χ1) is 17.6. The summed E-state index contributed by atoms with van der Waals surface area (Å²) in [5.41, 5.74) is 0.319. The number of halogens is 2. The number of rotatable bonds is 6. The molecule has 0 aliphatic carbocycles. The highest BCUT2D eigenvalue weighted by Gasteiger charge is 2.38. The van der Waals surface area contributed by atoms with Crippen LogP contribution in [0, 0.1) is 5.82 Å². The molecule has 194 valence electrons. The third kappa shape index (κ3) is 5.19. The maximum absolute atomic E-state index is 13.7. The molecule has 0 bridgehead atoms. The molecular formula is C26H28ClFN6OS2. The first-order valence-corrected chi connectivity index (χ1v) is 14.4. The van der Waals surface area contributed by atoms with E-state index in [-0.39, 0.29) is 0 Å². The van der Waals surface area contributed by atoms with Crippen molar-refractivity contribution in [1.82, 2.24) is 19.2 Å². The third-order valence-corrected chi connectivity index (χ3v) is 8.81. The van der Waals surface area contributed by atoms with Gasteiger partial charge in [0.1, 0.15) is 0 Å². The largest absolute Gasteiger partial charge is 0.346 e. The summed E-state index contributed by atoms with van der Waals surface area (Å²) in [7, 11) is -1.55. The van der Waals surface area contributed by atoms with Crippen molar-refractivity contribution in [3.05, 3.63) is 65.7 Å². The van der Waals surface area contributed by atoms with Crippen LogP contribution in [0.3, 0.4) is 0 Å². The number of fused-ring (bicyclic) bond motifs is 1. The average molecular weight is 559 g/mol. The van der Waals surface area contributed by atoms with Gasteiger partial charge in [-0.15, -0.1) is 16.9 Å². The van der Waals surface area contributed by atoms with Crippen molar-refractivity contribution in [3.8, 4) is 0 Å². The lowest BCUT2D eigenvalue weighted by atomic mass is 9.98. The lowest BCUT2D eigenvalue weighted by molar-refractivity contribution is 0.408. The van der Waals surface area contributed by atoms with Crippen LogP contribution < -0.4 is 9.80 Å². The minimum atomic E-state index is -1.55. The topological polar surface area (TPSA) is 67.2 Å². The number of piperazine rings is 1. The van der Waals surface area contributed by atoms with Gasteiger partial charge in [0.25, 0.3) is 0 Å². The van der Waals surface area contributed by atoms with Crippen LogP contribution in [0.15, 0.2) is 64.6 Å². The minimum Gasteiger partial charge on any atom is -0.346 e. The van der Waals surface area contributed by atoms with E-state index in [0.29, 0.717) is 52.1 Å². The third-order valence-electron chi connectivity index (χ3n) is 6.21. The monoisotopic (exact) mass is 558 g/mol. The summed E-state index contributed by atoms with van der Waals surface area (Å²) in [4.78, 5) is 14.3. The molecule has 11 heteroatoms. The van der Waals surface area contributed by atoms with Crippen LogP contribution in [-0.2, 0) is 11.0 Å². The molecule has 1 unspecified atom stereocenters. The van der Waals surface area contributed by atoms with E-state index >= 15 is 0 Å². The summed E-state index contributed by atoms with van der Waals surface area (Å²) in [5, 5.41) is 6.67. The van der Waals surface area contributed by atoms with Crippen LogP contribution >= 0.6 is 23.4 Å². The maximum atomic E-state index is 13.7. The van der Waals surface area contributed by atoms with Gasteiger partial charge in [0.2, 0.25) is 5.95 Å². The molecule has 2 aromatic heterocycles. The number of hydrogen-bond donors (Lipinski definition) is 0. The Morgan fingerprint density at radius 1 is 1.08 bits per heavy atom. The summed E-state index contributed by atoms with van der Waals surface area (Å²) in [5.74, 6) is 0.711. The molecule has 0 saturated carbocycles. The molecule has 4 aromatic rings. The van der Waals surface area contributed by atoms with Crippen LogP contribution in [0.5, 0.6) is 0 Å². The molecule has 0 amide bonds. The van der Waals surface area contributed by atoms with Gasteiger partial charge in [0, 0.05) is 29.8 Å². The molecule has 1 fully saturated rings. The summed E-state index contributed by atoms with van der Waals surface area (Å²) in [6.07, 6.45) is 2.36. The van der Waals surface area contributed by atoms with Gasteiger partial charge in [-0.05, 0) is 50.2 Å². The smallest absolute Gasteiger partial charge is 0.225 e. The SMILES string of the molecule is CC(C)Sc1ccc(S(=O)n2nc(N3CCN(c4ncc(F)cn4)CC3(C)C)c3c(Cl)cccc32)cc1. The number of benzene rings is 2. The Balaban J connectivity index is 1.49. The quantitative estimate of drug-likeness (QED) is 0.277. The Morgan fingerprint density at radius 3 is 2.43 bits per heavy atom.